The minimum atomic E-state index is -0.311. The van der Waals surface area contributed by atoms with Gasteiger partial charge in [0.15, 0.2) is 0 Å². The van der Waals surface area contributed by atoms with Crippen LogP contribution in [-0.4, -0.2) is 25.7 Å². The van der Waals surface area contributed by atoms with Gasteiger partial charge in [-0.2, -0.15) is 0 Å². The Labute approximate surface area is 128 Å². The Morgan fingerprint density at radius 3 is 2.38 bits per heavy atom. The van der Waals surface area contributed by atoms with Crippen molar-refractivity contribution < 1.29 is 19.1 Å². The zero-order valence-corrected chi connectivity index (χ0v) is 13.8. The molecule has 0 aliphatic carbocycles. The third-order valence-corrected chi connectivity index (χ3v) is 3.32. The molecule has 0 heterocycles. The van der Waals surface area contributed by atoms with Crippen molar-refractivity contribution in [3.63, 3.8) is 0 Å². The molecule has 0 saturated heterocycles. The summed E-state index contributed by atoms with van der Waals surface area (Å²) in [7, 11) is 1.38. The average molecular weight is 296 g/mol. The van der Waals surface area contributed by atoms with E-state index in [9.17, 15) is 9.59 Å². The van der Waals surface area contributed by atoms with Crippen LogP contribution in [-0.2, 0) is 19.1 Å². The van der Waals surface area contributed by atoms with Crippen molar-refractivity contribution in [2.75, 3.05) is 13.7 Å². The van der Waals surface area contributed by atoms with Crippen LogP contribution in [0.5, 0.6) is 0 Å². The van der Waals surface area contributed by atoms with Crippen molar-refractivity contribution in [2.45, 2.75) is 47.0 Å². The van der Waals surface area contributed by atoms with Crippen LogP contribution in [0.4, 0.5) is 0 Å². The van der Waals surface area contributed by atoms with Crippen LogP contribution in [0.25, 0.3) is 0 Å². The Balaban J connectivity index is 4.23. The number of esters is 2. The monoisotopic (exact) mass is 296 g/mol. The number of hydrogen-bond donors (Lipinski definition) is 0. The van der Waals surface area contributed by atoms with Gasteiger partial charge in [-0.3, -0.25) is 4.79 Å². The first-order valence-electron chi connectivity index (χ1n) is 7.42. The molecule has 0 N–H and O–H groups in total. The second kappa shape index (κ2) is 11.1. The van der Waals surface area contributed by atoms with Gasteiger partial charge in [0.25, 0.3) is 0 Å². The number of hydrogen-bond acceptors (Lipinski definition) is 4. The van der Waals surface area contributed by atoms with Crippen LogP contribution in [0, 0.1) is 11.8 Å². The molecule has 0 bridgehead atoms. The third kappa shape index (κ3) is 10.8. The molecule has 0 unspecified atom stereocenters. The maximum atomic E-state index is 11.1. The SMILES string of the molecule is COC(=O)/C=C/[C@@H](CC/C(C)=C/CCOC(C)=O)C(C)C. The van der Waals surface area contributed by atoms with Gasteiger partial charge < -0.3 is 9.47 Å². The Kier molecular flexibility index (Phi) is 10.3. The quantitative estimate of drug-likeness (QED) is 0.282. The zero-order valence-electron chi connectivity index (χ0n) is 13.8. The van der Waals surface area contributed by atoms with E-state index in [2.05, 4.69) is 31.6 Å². The zero-order chi connectivity index (χ0) is 16.3. The molecule has 4 nitrogen and oxygen atoms in total. The van der Waals surface area contributed by atoms with E-state index in [0.717, 1.165) is 19.3 Å². The van der Waals surface area contributed by atoms with Crippen molar-refractivity contribution in [1.82, 2.24) is 0 Å². The molecular formula is C17H28O4. The van der Waals surface area contributed by atoms with E-state index in [1.54, 1.807) is 0 Å². The van der Waals surface area contributed by atoms with Gasteiger partial charge in [0.2, 0.25) is 0 Å². The van der Waals surface area contributed by atoms with Crippen LogP contribution in [0.2, 0.25) is 0 Å². The van der Waals surface area contributed by atoms with E-state index in [1.165, 1.54) is 25.7 Å². The molecule has 0 saturated carbocycles. The summed E-state index contributed by atoms with van der Waals surface area (Å²) in [6, 6.07) is 0. The van der Waals surface area contributed by atoms with Gasteiger partial charge in [-0.05, 0) is 38.0 Å². The predicted molar refractivity (Wildman–Crippen MR) is 83.7 cm³/mol. The minimum absolute atomic E-state index is 0.242. The molecule has 0 rings (SSSR count). The van der Waals surface area contributed by atoms with Gasteiger partial charge in [0.05, 0.1) is 13.7 Å². The maximum Gasteiger partial charge on any atom is 0.330 e. The molecule has 0 aromatic carbocycles. The van der Waals surface area contributed by atoms with Gasteiger partial charge in [-0.1, -0.05) is 31.6 Å². The minimum Gasteiger partial charge on any atom is -0.466 e. The molecular weight excluding hydrogens is 268 g/mol. The summed E-state index contributed by atoms with van der Waals surface area (Å²) in [6.45, 7) is 8.22. The number of carbonyl (C=O) groups excluding carboxylic acids is 2. The van der Waals surface area contributed by atoms with Crippen molar-refractivity contribution in [3.8, 4) is 0 Å². The van der Waals surface area contributed by atoms with E-state index in [0.29, 0.717) is 18.4 Å². The van der Waals surface area contributed by atoms with E-state index < -0.39 is 0 Å². The van der Waals surface area contributed by atoms with E-state index in [1.807, 2.05) is 6.08 Å². The number of allylic oxidation sites excluding steroid dienone is 2. The summed E-state index contributed by atoms with van der Waals surface area (Å²) >= 11 is 0. The van der Waals surface area contributed by atoms with Gasteiger partial charge >= 0.3 is 11.9 Å². The highest BCUT2D eigenvalue weighted by Crippen LogP contribution is 2.21. The third-order valence-electron chi connectivity index (χ3n) is 3.32. The molecule has 0 spiro atoms. The highest BCUT2D eigenvalue weighted by Gasteiger charge is 2.10. The van der Waals surface area contributed by atoms with Gasteiger partial charge in [0.1, 0.15) is 0 Å². The van der Waals surface area contributed by atoms with Crippen molar-refractivity contribution in [2.24, 2.45) is 11.8 Å². The van der Waals surface area contributed by atoms with Crippen molar-refractivity contribution in [3.05, 3.63) is 23.8 Å². The fraction of sp³-hybridized carbons (Fsp3) is 0.647. The lowest BCUT2D eigenvalue weighted by molar-refractivity contribution is -0.140. The van der Waals surface area contributed by atoms with Crippen LogP contribution in [0.1, 0.15) is 47.0 Å². The predicted octanol–water partition coefficient (Wildman–Crippen LogP) is 3.67. The highest BCUT2D eigenvalue weighted by atomic mass is 16.5. The van der Waals surface area contributed by atoms with Crippen LogP contribution in [0.3, 0.4) is 0 Å². The fourth-order valence-electron chi connectivity index (χ4n) is 1.93. The molecule has 0 aromatic heterocycles. The van der Waals surface area contributed by atoms with E-state index in [4.69, 9.17) is 4.74 Å². The van der Waals surface area contributed by atoms with Crippen molar-refractivity contribution in [1.29, 1.82) is 0 Å². The molecule has 0 aromatic rings. The molecule has 1 atom stereocenters. The lowest BCUT2D eigenvalue weighted by Gasteiger charge is -2.17. The van der Waals surface area contributed by atoms with E-state index >= 15 is 0 Å². The molecule has 21 heavy (non-hydrogen) atoms. The standard InChI is InChI=1S/C17H28O4/c1-13(2)16(10-11-17(19)20-5)9-8-14(3)7-6-12-21-15(4)18/h7,10-11,13,16H,6,8-9,12H2,1-5H3/b11-10+,14-7+/t16-/m1/s1. The fourth-order valence-corrected chi connectivity index (χ4v) is 1.93. The van der Waals surface area contributed by atoms with Crippen LogP contribution >= 0.6 is 0 Å². The lowest BCUT2D eigenvalue weighted by Crippen LogP contribution is -2.07. The summed E-state index contributed by atoms with van der Waals surface area (Å²) in [4.78, 5) is 21.8. The number of methoxy groups -OCH3 is 1. The highest BCUT2D eigenvalue weighted by molar-refractivity contribution is 5.81. The molecule has 120 valence electrons. The van der Waals surface area contributed by atoms with Gasteiger partial charge in [-0.15, -0.1) is 0 Å². The normalized spacial score (nSPS) is 13.5. The first-order chi connectivity index (χ1) is 9.86. The average Bonchev–Trinajstić information content (AvgIpc) is 2.42. The van der Waals surface area contributed by atoms with Crippen molar-refractivity contribution >= 4 is 11.9 Å². The summed E-state index contributed by atoms with van der Waals surface area (Å²) in [6.07, 6.45) is 8.24. The maximum absolute atomic E-state index is 11.1. The second-order valence-corrected chi connectivity index (χ2v) is 5.51. The van der Waals surface area contributed by atoms with Gasteiger partial charge in [-0.25, -0.2) is 4.79 Å². The largest absolute Gasteiger partial charge is 0.466 e. The van der Waals surface area contributed by atoms with E-state index in [-0.39, 0.29) is 11.9 Å². The second-order valence-electron chi connectivity index (χ2n) is 5.51. The first kappa shape index (κ1) is 19.4. The number of carbonyl (C=O) groups is 2. The molecule has 4 heteroatoms. The molecule has 0 amide bonds. The van der Waals surface area contributed by atoms with Crippen LogP contribution < -0.4 is 0 Å². The first-order valence-corrected chi connectivity index (χ1v) is 7.42. The molecule has 0 aliphatic heterocycles. The van der Waals surface area contributed by atoms with Crippen LogP contribution in [0.15, 0.2) is 23.8 Å². The molecule has 0 aliphatic rings. The lowest BCUT2D eigenvalue weighted by atomic mass is 9.89. The number of ether oxygens (including phenoxy) is 2. The summed E-state index contributed by atoms with van der Waals surface area (Å²) in [5.74, 6) is 0.267. The molecule has 0 radical (unpaired) electrons. The summed E-state index contributed by atoms with van der Waals surface area (Å²) in [5.41, 5.74) is 1.28. The molecule has 0 fully saturated rings. The smallest absolute Gasteiger partial charge is 0.330 e. The Hall–Kier alpha value is -1.58. The summed E-state index contributed by atoms with van der Waals surface area (Å²) in [5, 5.41) is 0. The topological polar surface area (TPSA) is 52.6 Å². The Bertz CT molecular complexity index is 380. The Morgan fingerprint density at radius 2 is 1.86 bits per heavy atom. The number of rotatable bonds is 9. The summed E-state index contributed by atoms with van der Waals surface area (Å²) < 4.78 is 9.50. The Morgan fingerprint density at radius 1 is 1.19 bits per heavy atom. The van der Waals surface area contributed by atoms with Gasteiger partial charge in [0, 0.05) is 13.0 Å².